The molecule has 1 amide bonds. The van der Waals surface area contributed by atoms with Gasteiger partial charge in [-0.1, -0.05) is 0 Å². The Morgan fingerprint density at radius 2 is 2.14 bits per heavy atom. The highest BCUT2D eigenvalue weighted by atomic mass is 16.6. The average molecular weight is 308 g/mol. The molecular weight excluding hydrogens is 288 g/mol. The van der Waals surface area contributed by atoms with Crippen LogP contribution in [0.1, 0.15) is 32.4 Å². The lowest BCUT2D eigenvalue weighted by molar-refractivity contribution is 0.0128. The number of carbonyl (C=O) groups excluding carboxylic acids is 1. The summed E-state index contributed by atoms with van der Waals surface area (Å²) in [6, 6.07) is 1.67. The number of rotatable bonds is 4. The summed E-state index contributed by atoms with van der Waals surface area (Å²) >= 11 is 0. The summed E-state index contributed by atoms with van der Waals surface area (Å²) in [5, 5.41) is 29.8. The zero-order valence-electron chi connectivity index (χ0n) is 12.7. The second-order valence-electron chi connectivity index (χ2n) is 5.97. The minimum absolute atomic E-state index is 0.139. The fourth-order valence-corrected chi connectivity index (χ4v) is 1.85. The minimum Gasteiger partial charge on any atom is -0.444 e. The maximum absolute atomic E-state index is 11.5. The Hall–Kier alpha value is -2.19. The molecule has 120 valence electrons. The molecule has 0 radical (unpaired) electrons. The normalized spacial score (nSPS) is 14.6. The van der Waals surface area contributed by atoms with E-state index in [2.05, 4.69) is 20.5 Å². The quantitative estimate of drug-likeness (QED) is 0.665. The number of nitrogens with zero attached hydrogens (tertiary/aromatic N) is 2. The lowest BCUT2D eigenvalue weighted by atomic mass is 10.1. The third-order valence-electron chi connectivity index (χ3n) is 2.87. The molecule has 0 aromatic carbocycles. The molecule has 0 fully saturated rings. The van der Waals surface area contributed by atoms with Crippen LogP contribution in [-0.4, -0.2) is 49.7 Å². The number of amides is 1. The van der Waals surface area contributed by atoms with Crippen LogP contribution in [0.25, 0.3) is 11.0 Å². The van der Waals surface area contributed by atoms with E-state index in [-0.39, 0.29) is 6.54 Å². The number of fused-ring (bicyclic) bond motifs is 1. The second kappa shape index (κ2) is 6.29. The van der Waals surface area contributed by atoms with Gasteiger partial charge in [0.25, 0.3) is 0 Å². The summed E-state index contributed by atoms with van der Waals surface area (Å²) in [4.78, 5) is 15.6. The van der Waals surface area contributed by atoms with Gasteiger partial charge in [0.1, 0.15) is 17.8 Å². The molecule has 2 unspecified atom stereocenters. The summed E-state index contributed by atoms with van der Waals surface area (Å²) in [5.74, 6) is 0. The van der Waals surface area contributed by atoms with Gasteiger partial charge in [0.15, 0.2) is 5.65 Å². The molecule has 0 aliphatic carbocycles. The summed E-state index contributed by atoms with van der Waals surface area (Å²) in [5.41, 5.74) is 0.411. The number of pyridine rings is 1. The van der Waals surface area contributed by atoms with Crippen LogP contribution in [0.2, 0.25) is 0 Å². The molecule has 2 atom stereocenters. The SMILES string of the molecule is CC(C)(C)OC(=O)NCC(O)C(O)c1cnc2[nH]ncc2c1. The number of ether oxygens (including phenoxy) is 1. The zero-order chi connectivity index (χ0) is 16.3. The Labute approximate surface area is 127 Å². The van der Waals surface area contributed by atoms with Crippen molar-refractivity contribution in [1.82, 2.24) is 20.5 Å². The molecule has 22 heavy (non-hydrogen) atoms. The molecule has 0 aliphatic rings. The number of aromatic amines is 1. The van der Waals surface area contributed by atoms with Crippen LogP contribution in [-0.2, 0) is 4.74 Å². The molecule has 0 bridgehead atoms. The molecule has 8 nitrogen and oxygen atoms in total. The molecule has 2 heterocycles. The van der Waals surface area contributed by atoms with E-state index < -0.39 is 23.9 Å². The monoisotopic (exact) mass is 308 g/mol. The minimum atomic E-state index is -1.18. The van der Waals surface area contributed by atoms with E-state index in [9.17, 15) is 15.0 Å². The fourth-order valence-electron chi connectivity index (χ4n) is 1.85. The summed E-state index contributed by atoms with van der Waals surface area (Å²) in [6.07, 6.45) is 0.00809. The largest absolute Gasteiger partial charge is 0.444 e. The van der Waals surface area contributed by atoms with E-state index in [0.29, 0.717) is 11.2 Å². The smallest absolute Gasteiger partial charge is 0.407 e. The van der Waals surface area contributed by atoms with Crippen molar-refractivity contribution in [2.75, 3.05) is 6.54 Å². The molecule has 0 saturated heterocycles. The number of aliphatic hydroxyl groups is 2. The molecule has 2 rings (SSSR count). The molecule has 0 spiro atoms. The van der Waals surface area contributed by atoms with Crippen molar-refractivity contribution < 1.29 is 19.7 Å². The maximum Gasteiger partial charge on any atom is 0.407 e. The number of aromatic nitrogens is 3. The second-order valence-corrected chi connectivity index (χ2v) is 5.97. The van der Waals surface area contributed by atoms with Crippen LogP contribution >= 0.6 is 0 Å². The van der Waals surface area contributed by atoms with Crippen LogP contribution in [0.15, 0.2) is 18.5 Å². The van der Waals surface area contributed by atoms with Gasteiger partial charge in [-0.25, -0.2) is 9.78 Å². The molecule has 2 aromatic heterocycles. The number of alkyl carbamates (subject to hydrolysis) is 1. The highest BCUT2D eigenvalue weighted by Crippen LogP contribution is 2.19. The van der Waals surface area contributed by atoms with Gasteiger partial charge in [-0.2, -0.15) is 5.10 Å². The Bertz CT molecular complexity index is 650. The highest BCUT2D eigenvalue weighted by Gasteiger charge is 2.22. The van der Waals surface area contributed by atoms with Crippen LogP contribution < -0.4 is 5.32 Å². The van der Waals surface area contributed by atoms with Crippen LogP contribution in [0.5, 0.6) is 0 Å². The topological polar surface area (TPSA) is 120 Å². The van der Waals surface area contributed by atoms with Gasteiger partial charge in [0.2, 0.25) is 0 Å². The zero-order valence-corrected chi connectivity index (χ0v) is 12.7. The van der Waals surface area contributed by atoms with Gasteiger partial charge in [-0.3, -0.25) is 5.10 Å². The van der Waals surface area contributed by atoms with E-state index in [0.717, 1.165) is 5.39 Å². The van der Waals surface area contributed by atoms with Gasteiger partial charge in [0, 0.05) is 23.7 Å². The first kappa shape index (κ1) is 16.2. The number of hydrogen-bond acceptors (Lipinski definition) is 6. The average Bonchev–Trinajstić information content (AvgIpc) is 2.89. The number of nitrogens with one attached hydrogen (secondary N) is 2. The van der Waals surface area contributed by atoms with Gasteiger partial charge < -0.3 is 20.3 Å². The third-order valence-corrected chi connectivity index (χ3v) is 2.87. The van der Waals surface area contributed by atoms with Crippen molar-refractivity contribution in [3.05, 3.63) is 24.0 Å². The van der Waals surface area contributed by atoms with Gasteiger partial charge in [-0.05, 0) is 26.8 Å². The van der Waals surface area contributed by atoms with E-state index in [4.69, 9.17) is 4.74 Å². The van der Waals surface area contributed by atoms with Crippen molar-refractivity contribution in [1.29, 1.82) is 0 Å². The maximum atomic E-state index is 11.5. The van der Waals surface area contributed by atoms with Crippen molar-refractivity contribution >= 4 is 17.1 Å². The lowest BCUT2D eigenvalue weighted by Crippen LogP contribution is -2.38. The molecule has 4 N–H and O–H groups in total. The van der Waals surface area contributed by atoms with E-state index in [1.165, 1.54) is 6.20 Å². The van der Waals surface area contributed by atoms with Gasteiger partial charge in [-0.15, -0.1) is 0 Å². The predicted molar refractivity (Wildman–Crippen MR) is 79.1 cm³/mol. The standard InChI is InChI=1S/C14H20N4O4/c1-14(2,3)22-13(21)16-7-10(19)11(20)8-4-9-6-17-18-12(9)15-5-8/h4-6,10-11,19-20H,7H2,1-3H3,(H,16,21)(H,15,17,18). The Kier molecular flexibility index (Phi) is 4.62. The van der Waals surface area contributed by atoms with Crippen molar-refractivity contribution in [3.8, 4) is 0 Å². The van der Waals surface area contributed by atoms with E-state index >= 15 is 0 Å². The van der Waals surface area contributed by atoms with Crippen LogP contribution in [0, 0.1) is 0 Å². The van der Waals surface area contributed by atoms with Crippen molar-refractivity contribution in [2.24, 2.45) is 0 Å². The third kappa shape index (κ3) is 4.15. The Balaban J connectivity index is 1.94. The van der Waals surface area contributed by atoms with Crippen molar-refractivity contribution in [2.45, 2.75) is 38.6 Å². The predicted octanol–water partition coefficient (Wildman–Crippen LogP) is 0.877. The molecule has 0 saturated carbocycles. The molecule has 8 heteroatoms. The van der Waals surface area contributed by atoms with Gasteiger partial charge in [0.05, 0.1) is 6.20 Å². The first-order valence-electron chi connectivity index (χ1n) is 6.88. The van der Waals surface area contributed by atoms with E-state index in [1.807, 2.05) is 0 Å². The van der Waals surface area contributed by atoms with Crippen molar-refractivity contribution in [3.63, 3.8) is 0 Å². The molecule has 0 aliphatic heterocycles. The summed E-state index contributed by atoms with van der Waals surface area (Å²) < 4.78 is 5.05. The molecular formula is C14H20N4O4. The number of aliphatic hydroxyl groups excluding tert-OH is 2. The van der Waals surface area contributed by atoms with Crippen LogP contribution in [0.4, 0.5) is 4.79 Å². The van der Waals surface area contributed by atoms with Crippen LogP contribution in [0.3, 0.4) is 0 Å². The first-order chi connectivity index (χ1) is 10.3. The lowest BCUT2D eigenvalue weighted by Gasteiger charge is -2.22. The molecule has 2 aromatic rings. The van der Waals surface area contributed by atoms with Gasteiger partial charge >= 0.3 is 6.09 Å². The number of carbonyl (C=O) groups is 1. The Morgan fingerprint density at radius 1 is 1.41 bits per heavy atom. The van der Waals surface area contributed by atoms with E-state index in [1.54, 1.807) is 33.0 Å². The number of H-pyrrole nitrogens is 1. The number of hydrogen-bond donors (Lipinski definition) is 4. The first-order valence-corrected chi connectivity index (χ1v) is 6.88. The summed E-state index contributed by atoms with van der Waals surface area (Å²) in [6.45, 7) is 5.08. The Morgan fingerprint density at radius 3 is 2.82 bits per heavy atom. The highest BCUT2D eigenvalue weighted by molar-refractivity contribution is 5.74. The summed E-state index contributed by atoms with van der Waals surface area (Å²) in [7, 11) is 0. The fraction of sp³-hybridized carbons (Fsp3) is 0.500.